The van der Waals surface area contributed by atoms with E-state index in [-0.39, 0.29) is 18.5 Å². The summed E-state index contributed by atoms with van der Waals surface area (Å²) in [6, 6.07) is 7.19. The Morgan fingerprint density at radius 2 is 1.92 bits per heavy atom. The Labute approximate surface area is 213 Å². The monoisotopic (exact) mass is 504 g/mol. The first kappa shape index (κ1) is 24.7. The number of aryl methyl sites for hydroxylation is 2. The lowest BCUT2D eigenvalue weighted by Crippen LogP contribution is -2.44. The molecular weight excluding hydrogens is 472 g/mol. The lowest BCUT2D eigenvalue weighted by molar-refractivity contribution is 0.0829. The van der Waals surface area contributed by atoms with E-state index in [1.165, 1.54) is 14.0 Å². The highest BCUT2D eigenvalue weighted by Gasteiger charge is 2.33. The molecule has 0 saturated carbocycles. The summed E-state index contributed by atoms with van der Waals surface area (Å²) in [7, 11) is 4.95. The Balaban J connectivity index is 1.77. The number of anilines is 1. The highest BCUT2D eigenvalue weighted by Crippen LogP contribution is 2.33. The Bertz CT molecular complexity index is 1630. The van der Waals surface area contributed by atoms with Crippen LogP contribution >= 0.6 is 0 Å². The molecule has 2 N–H and O–H groups in total. The van der Waals surface area contributed by atoms with E-state index in [9.17, 15) is 14.4 Å². The lowest BCUT2D eigenvalue weighted by atomic mass is 10.1. The Kier molecular flexibility index (Phi) is 6.32. The third kappa shape index (κ3) is 4.08. The average Bonchev–Trinajstić information content (AvgIpc) is 3.24. The van der Waals surface area contributed by atoms with Crippen molar-refractivity contribution in [1.29, 1.82) is 0 Å². The number of nitrogens with two attached hydrogens (primary N) is 1. The first-order valence-electron chi connectivity index (χ1n) is 12.5. The van der Waals surface area contributed by atoms with E-state index >= 15 is 0 Å². The van der Waals surface area contributed by atoms with Crippen LogP contribution in [0.15, 0.2) is 40.1 Å². The van der Waals surface area contributed by atoms with Crippen molar-refractivity contribution < 1.29 is 4.79 Å². The standard InChI is InChI=1S/C26H32N8O3/c1-5-33-22-21(20(24(35)30(2)3)23(33)32-13-7-8-16(27)14-32)31(4)26(37)34(25(22)36)15-17-10-11-18-19(29-17)9-6-12-28-18/h6,9-12,16H,5,7-8,13-15,27H2,1-4H3/t16-/m1/s1. The molecule has 0 aromatic carbocycles. The molecule has 1 atom stereocenters. The molecule has 11 nitrogen and oxygen atoms in total. The van der Waals surface area contributed by atoms with E-state index in [0.717, 1.165) is 24.9 Å². The summed E-state index contributed by atoms with van der Waals surface area (Å²) in [6.07, 6.45) is 3.48. The van der Waals surface area contributed by atoms with Crippen molar-refractivity contribution in [3.63, 3.8) is 0 Å². The minimum Gasteiger partial charge on any atom is -0.356 e. The van der Waals surface area contributed by atoms with Gasteiger partial charge in [-0.15, -0.1) is 0 Å². The number of hydrogen-bond acceptors (Lipinski definition) is 7. The van der Waals surface area contributed by atoms with Gasteiger partial charge in [-0.25, -0.2) is 9.78 Å². The highest BCUT2D eigenvalue weighted by atomic mass is 16.2. The maximum atomic E-state index is 14.0. The van der Waals surface area contributed by atoms with E-state index in [4.69, 9.17) is 5.73 Å². The van der Waals surface area contributed by atoms with Crippen LogP contribution in [0.3, 0.4) is 0 Å². The van der Waals surface area contributed by atoms with Gasteiger partial charge in [-0.05, 0) is 44.0 Å². The van der Waals surface area contributed by atoms with Gasteiger partial charge in [-0.1, -0.05) is 0 Å². The minimum atomic E-state index is -0.506. The molecule has 1 fully saturated rings. The molecule has 5 heterocycles. The molecule has 0 bridgehead atoms. The zero-order valence-electron chi connectivity index (χ0n) is 21.6. The first-order chi connectivity index (χ1) is 17.7. The van der Waals surface area contributed by atoms with Gasteiger partial charge in [0.25, 0.3) is 11.5 Å². The molecule has 0 unspecified atom stereocenters. The molecule has 1 aliphatic rings. The van der Waals surface area contributed by atoms with E-state index in [1.54, 1.807) is 39.5 Å². The Morgan fingerprint density at radius 3 is 2.62 bits per heavy atom. The van der Waals surface area contributed by atoms with Crippen LogP contribution in [-0.2, 0) is 20.1 Å². The van der Waals surface area contributed by atoms with Crippen molar-refractivity contribution >= 4 is 33.8 Å². The summed E-state index contributed by atoms with van der Waals surface area (Å²) in [4.78, 5) is 53.5. The van der Waals surface area contributed by atoms with Gasteiger partial charge in [0.2, 0.25) is 0 Å². The largest absolute Gasteiger partial charge is 0.356 e. The average molecular weight is 505 g/mol. The van der Waals surface area contributed by atoms with Gasteiger partial charge >= 0.3 is 5.69 Å². The maximum absolute atomic E-state index is 14.0. The lowest BCUT2D eigenvalue weighted by Gasteiger charge is -2.34. The number of amides is 1. The van der Waals surface area contributed by atoms with Gasteiger partial charge in [0, 0.05) is 53.0 Å². The van der Waals surface area contributed by atoms with E-state index in [1.807, 2.05) is 23.6 Å². The summed E-state index contributed by atoms with van der Waals surface area (Å²) < 4.78 is 4.46. The van der Waals surface area contributed by atoms with E-state index in [0.29, 0.717) is 46.7 Å². The molecule has 11 heteroatoms. The summed E-state index contributed by atoms with van der Waals surface area (Å²) in [5.41, 5.74) is 8.35. The Hall–Kier alpha value is -3.99. The molecule has 0 radical (unpaired) electrons. The molecule has 0 spiro atoms. The second-order valence-electron chi connectivity index (χ2n) is 9.77. The van der Waals surface area contributed by atoms with Crippen molar-refractivity contribution in [2.45, 2.75) is 38.9 Å². The molecule has 1 saturated heterocycles. The zero-order valence-corrected chi connectivity index (χ0v) is 21.6. The summed E-state index contributed by atoms with van der Waals surface area (Å²) in [5.74, 6) is 0.383. The van der Waals surface area contributed by atoms with Crippen molar-refractivity contribution in [2.75, 3.05) is 32.1 Å². The van der Waals surface area contributed by atoms with Crippen LogP contribution in [0.1, 0.15) is 35.8 Å². The summed E-state index contributed by atoms with van der Waals surface area (Å²) >= 11 is 0. The number of aromatic nitrogens is 5. The molecule has 5 rings (SSSR count). The molecule has 4 aromatic heterocycles. The predicted molar refractivity (Wildman–Crippen MR) is 143 cm³/mol. The number of nitrogens with zero attached hydrogens (tertiary/aromatic N) is 7. The number of pyridine rings is 2. The maximum Gasteiger partial charge on any atom is 0.331 e. The fourth-order valence-corrected chi connectivity index (χ4v) is 5.28. The molecule has 0 aliphatic carbocycles. The third-order valence-electron chi connectivity index (χ3n) is 7.04. The van der Waals surface area contributed by atoms with Crippen molar-refractivity contribution in [3.8, 4) is 0 Å². The van der Waals surface area contributed by atoms with E-state index < -0.39 is 11.2 Å². The van der Waals surface area contributed by atoms with E-state index in [2.05, 4.69) is 14.9 Å². The number of piperidine rings is 1. The molecule has 194 valence electrons. The van der Waals surface area contributed by atoms with Gasteiger partial charge < -0.3 is 20.1 Å². The summed E-state index contributed by atoms with van der Waals surface area (Å²) in [5, 5.41) is 0. The van der Waals surface area contributed by atoms with Crippen LogP contribution in [0, 0.1) is 0 Å². The van der Waals surface area contributed by atoms with Crippen molar-refractivity contribution in [2.24, 2.45) is 12.8 Å². The van der Waals surface area contributed by atoms with Gasteiger partial charge in [-0.3, -0.25) is 23.7 Å². The molecule has 1 aliphatic heterocycles. The molecule has 1 amide bonds. The zero-order chi connectivity index (χ0) is 26.4. The molecule has 4 aromatic rings. The number of fused-ring (bicyclic) bond motifs is 2. The third-order valence-corrected chi connectivity index (χ3v) is 7.04. The quantitative estimate of drug-likeness (QED) is 0.432. The second-order valence-corrected chi connectivity index (χ2v) is 9.77. The van der Waals surface area contributed by atoms with Crippen LogP contribution in [0.25, 0.3) is 22.1 Å². The van der Waals surface area contributed by atoms with Crippen molar-refractivity contribution in [1.82, 2.24) is 28.6 Å². The Morgan fingerprint density at radius 1 is 1.14 bits per heavy atom. The number of rotatable bonds is 5. The number of hydrogen-bond donors (Lipinski definition) is 1. The normalized spacial score (nSPS) is 16.0. The minimum absolute atomic E-state index is 0.00204. The fourth-order valence-electron chi connectivity index (χ4n) is 5.28. The molecule has 37 heavy (non-hydrogen) atoms. The van der Waals surface area contributed by atoms with Gasteiger partial charge in [-0.2, -0.15) is 0 Å². The van der Waals surface area contributed by atoms with Gasteiger partial charge in [0.05, 0.1) is 28.8 Å². The van der Waals surface area contributed by atoms with Crippen LogP contribution in [0.5, 0.6) is 0 Å². The molecular formula is C26H32N8O3. The van der Waals surface area contributed by atoms with Crippen molar-refractivity contribution in [3.05, 3.63) is 62.6 Å². The first-order valence-corrected chi connectivity index (χ1v) is 12.5. The van der Waals surface area contributed by atoms with Crippen LogP contribution in [-0.4, -0.2) is 67.7 Å². The van der Waals surface area contributed by atoms with Crippen LogP contribution in [0.4, 0.5) is 5.82 Å². The van der Waals surface area contributed by atoms with Gasteiger partial charge in [0.15, 0.2) is 0 Å². The number of carbonyl (C=O) groups is 1. The van der Waals surface area contributed by atoms with Crippen LogP contribution < -0.4 is 21.9 Å². The highest BCUT2D eigenvalue weighted by molar-refractivity contribution is 6.10. The smallest absolute Gasteiger partial charge is 0.331 e. The second kappa shape index (κ2) is 9.47. The van der Waals surface area contributed by atoms with Gasteiger partial charge in [0.1, 0.15) is 16.9 Å². The SMILES string of the molecule is CCn1c(N2CCC[C@@H](N)C2)c(C(=O)N(C)C)c2c1c(=O)n(Cc1ccc3ncccc3n1)c(=O)n2C. The summed E-state index contributed by atoms with van der Waals surface area (Å²) in [6.45, 7) is 3.67. The van der Waals surface area contributed by atoms with Crippen LogP contribution in [0.2, 0.25) is 0 Å². The fraction of sp³-hybridized carbons (Fsp3) is 0.423. The number of carbonyl (C=O) groups excluding carboxylic acids is 1. The predicted octanol–water partition coefficient (Wildman–Crippen LogP) is 1.14. The topological polar surface area (TPSA) is 124 Å².